The lowest BCUT2D eigenvalue weighted by Gasteiger charge is -2.08. The van der Waals surface area contributed by atoms with Gasteiger partial charge in [-0.25, -0.2) is 4.68 Å². The maximum atomic E-state index is 12.8. The van der Waals surface area contributed by atoms with E-state index in [4.69, 9.17) is 0 Å². The van der Waals surface area contributed by atoms with Crippen molar-refractivity contribution in [1.29, 1.82) is 0 Å². The number of hydrogen-bond donors (Lipinski definition) is 0. The van der Waals surface area contributed by atoms with Gasteiger partial charge >= 0.3 is 0 Å². The van der Waals surface area contributed by atoms with Crippen molar-refractivity contribution in [3.05, 3.63) is 69.7 Å². The lowest BCUT2D eigenvalue weighted by Crippen LogP contribution is -2.13. The molecule has 4 rings (SSSR count). The Morgan fingerprint density at radius 2 is 2.00 bits per heavy atom. The Kier molecular flexibility index (Phi) is 3.97. The molecular weight excluding hydrogens is 332 g/mol. The van der Waals surface area contributed by atoms with Gasteiger partial charge in [-0.3, -0.25) is 4.79 Å². The number of para-hydroxylation sites is 1. The molecule has 0 spiro atoms. The summed E-state index contributed by atoms with van der Waals surface area (Å²) in [6.45, 7) is 5.05. The molecule has 3 aromatic heterocycles. The maximum Gasteiger partial charge on any atom is 0.186 e. The average Bonchev–Trinajstić information content (AvgIpc) is 3.32. The normalized spacial score (nSPS) is 11.3. The lowest BCUT2D eigenvalue weighted by molar-refractivity contribution is 0.0968. The van der Waals surface area contributed by atoms with Gasteiger partial charge in [0.1, 0.15) is 12.1 Å². The van der Waals surface area contributed by atoms with Crippen LogP contribution < -0.4 is 0 Å². The molecule has 0 saturated heterocycles. The van der Waals surface area contributed by atoms with Crippen molar-refractivity contribution < 1.29 is 4.79 Å². The molecule has 0 radical (unpaired) electrons. The third-order valence-corrected chi connectivity index (χ3v) is 5.34. The van der Waals surface area contributed by atoms with Crippen molar-refractivity contribution in [1.82, 2.24) is 19.6 Å². The van der Waals surface area contributed by atoms with Crippen LogP contribution in [0.2, 0.25) is 0 Å². The van der Waals surface area contributed by atoms with Crippen LogP contribution in [0, 0.1) is 13.8 Å². The summed E-state index contributed by atoms with van der Waals surface area (Å²) >= 11 is 1.73. The largest absolute Gasteiger partial charge is 0.343 e. The monoisotopic (exact) mass is 350 g/mol. The molecule has 0 aliphatic carbocycles. The number of Topliss-reactive ketones (excluding diaryl/α,β-unsaturated/α-hetero) is 1. The molecule has 0 aliphatic heterocycles. The molecule has 0 unspecified atom stereocenters. The molecule has 0 amide bonds. The predicted molar refractivity (Wildman–Crippen MR) is 99.2 cm³/mol. The van der Waals surface area contributed by atoms with Gasteiger partial charge in [0.2, 0.25) is 0 Å². The first kappa shape index (κ1) is 15.8. The van der Waals surface area contributed by atoms with Crippen molar-refractivity contribution >= 4 is 28.2 Å². The highest BCUT2D eigenvalue weighted by molar-refractivity contribution is 7.09. The first-order valence-corrected chi connectivity index (χ1v) is 9.02. The summed E-state index contributed by atoms with van der Waals surface area (Å²) in [5.41, 5.74) is 4.54. The molecular formula is C19H18N4OS. The van der Waals surface area contributed by atoms with Crippen LogP contribution in [-0.4, -0.2) is 25.3 Å². The molecule has 5 nitrogen and oxygen atoms in total. The summed E-state index contributed by atoms with van der Waals surface area (Å²) < 4.78 is 3.86. The number of hydrogen-bond acceptors (Lipinski definition) is 4. The fraction of sp³-hybridized carbons (Fsp3) is 0.211. The Morgan fingerprint density at radius 3 is 2.80 bits per heavy atom. The topological polar surface area (TPSA) is 52.7 Å². The number of thiophene rings is 1. The molecule has 0 atom stereocenters. The minimum absolute atomic E-state index is 0.0567. The van der Waals surface area contributed by atoms with Gasteiger partial charge < -0.3 is 4.57 Å². The van der Waals surface area contributed by atoms with Crippen LogP contribution in [0.15, 0.2) is 47.8 Å². The minimum Gasteiger partial charge on any atom is -0.343 e. The van der Waals surface area contributed by atoms with E-state index in [1.54, 1.807) is 16.0 Å². The smallest absolute Gasteiger partial charge is 0.186 e. The molecule has 0 fully saturated rings. The van der Waals surface area contributed by atoms with Crippen LogP contribution in [0.5, 0.6) is 0 Å². The van der Waals surface area contributed by atoms with Crippen LogP contribution in [-0.2, 0) is 13.1 Å². The van der Waals surface area contributed by atoms with Gasteiger partial charge in [0.05, 0.1) is 12.1 Å². The van der Waals surface area contributed by atoms with Crippen molar-refractivity contribution in [2.75, 3.05) is 0 Å². The molecule has 1 aromatic carbocycles. The zero-order chi connectivity index (χ0) is 17.4. The molecule has 25 heavy (non-hydrogen) atoms. The van der Waals surface area contributed by atoms with E-state index in [-0.39, 0.29) is 12.3 Å². The highest BCUT2D eigenvalue weighted by atomic mass is 32.1. The van der Waals surface area contributed by atoms with Crippen LogP contribution >= 0.6 is 11.3 Å². The third-order valence-electron chi connectivity index (χ3n) is 4.48. The molecule has 4 aromatic rings. The number of rotatable bonds is 5. The van der Waals surface area contributed by atoms with Crippen molar-refractivity contribution in [3.63, 3.8) is 0 Å². The molecule has 0 N–H and O–H groups in total. The Bertz CT molecular complexity index is 1040. The van der Waals surface area contributed by atoms with Gasteiger partial charge in [-0.1, -0.05) is 23.4 Å². The second-order valence-corrected chi connectivity index (χ2v) is 7.14. The second-order valence-electron chi connectivity index (χ2n) is 6.11. The number of carbonyl (C=O) groups excluding carboxylic acids is 1. The highest BCUT2D eigenvalue weighted by Gasteiger charge is 2.18. The van der Waals surface area contributed by atoms with Gasteiger partial charge in [-0.2, -0.15) is 0 Å². The zero-order valence-electron chi connectivity index (χ0n) is 14.1. The highest BCUT2D eigenvalue weighted by Crippen LogP contribution is 2.20. The van der Waals surface area contributed by atoms with Crippen LogP contribution in [0.1, 0.15) is 26.6 Å². The summed E-state index contributed by atoms with van der Waals surface area (Å²) in [5.74, 6) is 0.0567. The number of nitrogens with zero attached hydrogens (tertiary/aromatic N) is 4. The maximum absolute atomic E-state index is 12.8. The molecule has 3 heterocycles. The minimum atomic E-state index is 0.0567. The van der Waals surface area contributed by atoms with Gasteiger partial charge in [-0.05, 0) is 43.5 Å². The van der Waals surface area contributed by atoms with Crippen LogP contribution in [0.3, 0.4) is 0 Å². The molecule has 0 aliphatic rings. The SMILES string of the molecule is Cc1cc(C(=O)Cn2nnc3ccccc32)c(C)n1Cc1cccs1. The molecule has 126 valence electrons. The number of fused-ring (bicyclic) bond motifs is 1. The van der Waals surface area contributed by atoms with E-state index in [9.17, 15) is 4.79 Å². The van der Waals surface area contributed by atoms with E-state index in [0.717, 1.165) is 34.5 Å². The van der Waals surface area contributed by atoms with E-state index in [1.165, 1.54) is 4.88 Å². The first-order chi connectivity index (χ1) is 12.1. The molecule has 0 bridgehead atoms. The fourth-order valence-electron chi connectivity index (χ4n) is 3.14. The van der Waals surface area contributed by atoms with Gasteiger partial charge in [0.15, 0.2) is 5.78 Å². The van der Waals surface area contributed by atoms with Gasteiger partial charge in [0, 0.05) is 21.8 Å². The van der Waals surface area contributed by atoms with E-state index in [2.05, 4.69) is 32.4 Å². The Morgan fingerprint density at radius 1 is 1.16 bits per heavy atom. The number of benzene rings is 1. The summed E-state index contributed by atoms with van der Waals surface area (Å²) in [7, 11) is 0. The van der Waals surface area contributed by atoms with Crippen molar-refractivity contribution in [2.45, 2.75) is 26.9 Å². The molecule has 6 heteroatoms. The van der Waals surface area contributed by atoms with E-state index < -0.39 is 0 Å². The standard InChI is InChI=1S/C19H18N4OS/c1-13-10-16(14(2)22(13)11-15-6-5-9-25-15)19(24)12-23-18-8-4-3-7-17(18)20-21-23/h3-10H,11-12H2,1-2H3. The van der Waals surface area contributed by atoms with Gasteiger partial charge in [0.25, 0.3) is 0 Å². The molecule has 0 saturated carbocycles. The Hall–Kier alpha value is -2.73. The Balaban J connectivity index is 1.62. The number of aromatic nitrogens is 4. The lowest BCUT2D eigenvalue weighted by atomic mass is 10.1. The predicted octanol–water partition coefficient (Wildman–Crippen LogP) is 3.84. The van der Waals surface area contributed by atoms with Crippen molar-refractivity contribution in [3.8, 4) is 0 Å². The van der Waals surface area contributed by atoms with Crippen LogP contribution in [0.25, 0.3) is 11.0 Å². The first-order valence-electron chi connectivity index (χ1n) is 8.14. The summed E-state index contributed by atoms with van der Waals surface area (Å²) in [4.78, 5) is 14.1. The Labute approximate surface area is 149 Å². The van der Waals surface area contributed by atoms with Crippen LogP contribution in [0.4, 0.5) is 0 Å². The van der Waals surface area contributed by atoms with Crippen molar-refractivity contribution in [2.24, 2.45) is 0 Å². The summed E-state index contributed by atoms with van der Waals surface area (Å²) in [5, 5.41) is 10.3. The zero-order valence-corrected chi connectivity index (χ0v) is 15.0. The summed E-state index contributed by atoms with van der Waals surface area (Å²) in [6.07, 6.45) is 0. The van der Waals surface area contributed by atoms with E-state index in [1.807, 2.05) is 44.2 Å². The van der Waals surface area contributed by atoms with Gasteiger partial charge in [-0.15, -0.1) is 16.4 Å². The fourth-order valence-corrected chi connectivity index (χ4v) is 3.83. The number of ketones is 1. The second kappa shape index (κ2) is 6.29. The number of carbonyl (C=O) groups is 1. The number of aryl methyl sites for hydroxylation is 1. The quantitative estimate of drug-likeness (QED) is 0.514. The van der Waals surface area contributed by atoms with E-state index >= 15 is 0 Å². The third kappa shape index (κ3) is 2.89. The van der Waals surface area contributed by atoms with E-state index in [0.29, 0.717) is 0 Å². The summed E-state index contributed by atoms with van der Waals surface area (Å²) in [6, 6.07) is 13.8. The average molecular weight is 350 g/mol.